The standard InChI is InChI=1S/C16H20N4/c1-11-18-19-16(12-5-3-2-4-6-12)20(11)15-9-13-7-8-14(10-15)17-13/h2-6,13-15,17H,7-10H2,1H3/t13-,14+,15-. The highest BCUT2D eigenvalue weighted by atomic mass is 15.3. The van der Waals surface area contributed by atoms with Crippen molar-refractivity contribution in [2.45, 2.75) is 50.7 Å². The van der Waals surface area contributed by atoms with Crippen LogP contribution in [0.1, 0.15) is 37.5 Å². The van der Waals surface area contributed by atoms with E-state index in [1.165, 1.54) is 31.2 Å². The molecule has 0 radical (unpaired) electrons. The quantitative estimate of drug-likeness (QED) is 0.910. The Morgan fingerprint density at radius 1 is 1.05 bits per heavy atom. The lowest BCUT2D eigenvalue weighted by Gasteiger charge is -2.31. The number of aromatic nitrogens is 3. The summed E-state index contributed by atoms with van der Waals surface area (Å²) in [5, 5.41) is 12.5. The second-order valence-electron chi connectivity index (χ2n) is 6.07. The predicted octanol–water partition coefficient (Wildman–Crippen LogP) is 2.71. The molecule has 3 heterocycles. The largest absolute Gasteiger partial charge is 0.311 e. The maximum absolute atomic E-state index is 4.42. The van der Waals surface area contributed by atoms with Gasteiger partial charge >= 0.3 is 0 Å². The average molecular weight is 268 g/mol. The Kier molecular flexibility index (Phi) is 2.84. The van der Waals surface area contributed by atoms with Crippen molar-refractivity contribution in [3.63, 3.8) is 0 Å². The summed E-state index contributed by atoms with van der Waals surface area (Å²) >= 11 is 0. The summed E-state index contributed by atoms with van der Waals surface area (Å²) in [6.45, 7) is 2.07. The number of nitrogens with zero attached hydrogens (tertiary/aromatic N) is 3. The fourth-order valence-electron chi connectivity index (χ4n) is 3.83. The smallest absolute Gasteiger partial charge is 0.164 e. The summed E-state index contributed by atoms with van der Waals surface area (Å²) < 4.78 is 2.36. The number of aryl methyl sites for hydroxylation is 1. The molecule has 2 saturated heterocycles. The molecule has 0 aliphatic carbocycles. The van der Waals surface area contributed by atoms with Crippen molar-refractivity contribution in [3.05, 3.63) is 36.2 Å². The molecule has 2 aliphatic heterocycles. The van der Waals surface area contributed by atoms with Crippen LogP contribution in [-0.2, 0) is 0 Å². The van der Waals surface area contributed by atoms with Crippen LogP contribution in [0.25, 0.3) is 11.4 Å². The minimum Gasteiger partial charge on any atom is -0.311 e. The summed E-state index contributed by atoms with van der Waals surface area (Å²) in [7, 11) is 0. The molecule has 2 fully saturated rings. The minimum atomic E-state index is 0.541. The Labute approximate surface area is 119 Å². The first-order valence-electron chi connectivity index (χ1n) is 7.54. The van der Waals surface area contributed by atoms with Gasteiger partial charge in [0.1, 0.15) is 5.82 Å². The highest BCUT2D eigenvalue weighted by Gasteiger charge is 2.35. The molecule has 2 aromatic rings. The Balaban J connectivity index is 1.73. The molecule has 20 heavy (non-hydrogen) atoms. The number of fused-ring (bicyclic) bond motifs is 2. The van der Waals surface area contributed by atoms with Crippen LogP contribution in [0.5, 0.6) is 0 Å². The van der Waals surface area contributed by atoms with Crippen molar-refractivity contribution in [3.8, 4) is 11.4 Å². The lowest BCUT2D eigenvalue weighted by molar-refractivity contribution is 0.297. The van der Waals surface area contributed by atoms with Gasteiger partial charge < -0.3 is 9.88 Å². The van der Waals surface area contributed by atoms with Crippen LogP contribution in [0.4, 0.5) is 0 Å². The van der Waals surface area contributed by atoms with Gasteiger partial charge in [0.05, 0.1) is 0 Å². The number of nitrogens with one attached hydrogen (secondary N) is 1. The van der Waals surface area contributed by atoms with Crippen LogP contribution in [0.3, 0.4) is 0 Å². The number of benzene rings is 1. The zero-order valence-electron chi connectivity index (χ0n) is 11.8. The Morgan fingerprint density at radius 3 is 2.45 bits per heavy atom. The Morgan fingerprint density at radius 2 is 1.75 bits per heavy atom. The zero-order valence-corrected chi connectivity index (χ0v) is 11.8. The molecule has 3 atom stereocenters. The molecule has 1 aromatic heterocycles. The molecule has 104 valence electrons. The molecule has 1 aromatic carbocycles. The van der Waals surface area contributed by atoms with E-state index in [1.54, 1.807) is 0 Å². The van der Waals surface area contributed by atoms with Crippen LogP contribution in [0.15, 0.2) is 30.3 Å². The van der Waals surface area contributed by atoms with Crippen LogP contribution < -0.4 is 5.32 Å². The third kappa shape index (κ3) is 1.95. The molecule has 4 rings (SSSR count). The van der Waals surface area contributed by atoms with E-state index in [0.717, 1.165) is 11.6 Å². The second kappa shape index (κ2) is 4.70. The Bertz CT molecular complexity index is 592. The molecule has 4 nitrogen and oxygen atoms in total. The van der Waals surface area contributed by atoms with Gasteiger partial charge in [0.25, 0.3) is 0 Å². The first-order chi connectivity index (χ1) is 9.81. The monoisotopic (exact) mass is 268 g/mol. The maximum Gasteiger partial charge on any atom is 0.164 e. The fourth-order valence-corrected chi connectivity index (χ4v) is 3.83. The molecule has 1 N–H and O–H groups in total. The zero-order chi connectivity index (χ0) is 13.5. The summed E-state index contributed by atoms with van der Waals surface area (Å²) in [4.78, 5) is 0. The van der Waals surface area contributed by atoms with E-state index in [1.807, 2.05) is 6.07 Å². The van der Waals surface area contributed by atoms with Gasteiger partial charge in [-0.25, -0.2) is 0 Å². The van der Waals surface area contributed by atoms with Crippen molar-refractivity contribution in [1.82, 2.24) is 20.1 Å². The third-order valence-electron chi connectivity index (χ3n) is 4.71. The van der Waals surface area contributed by atoms with Gasteiger partial charge in [0.2, 0.25) is 0 Å². The predicted molar refractivity (Wildman–Crippen MR) is 78.4 cm³/mol. The summed E-state index contributed by atoms with van der Waals surface area (Å²) in [6, 6.07) is 12.3. The molecule has 0 saturated carbocycles. The van der Waals surface area contributed by atoms with Crippen LogP contribution in [-0.4, -0.2) is 26.8 Å². The normalized spacial score (nSPS) is 28.8. The Hall–Kier alpha value is -1.68. The first kappa shape index (κ1) is 12.1. The molecule has 4 heteroatoms. The molecule has 2 bridgehead atoms. The van der Waals surface area contributed by atoms with Crippen molar-refractivity contribution in [1.29, 1.82) is 0 Å². The van der Waals surface area contributed by atoms with Gasteiger partial charge in [0, 0.05) is 23.7 Å². The lowest BCUT2D eigenvalue weighted by atomic mass is 9.99. The van der Waals surface area contributed by atoms with Crippen LogP contribution >= 0.6 is 0 Å². The van der Waals surface area contributed by atoms with E-state index in [0.29, 0.717) is 18.1 Å². The second-order valence-corrected chi connectivity index (χ2v) is 6.07. The highest BCUT2D eigenvalue weighted by molar-refractivity contribution is 5.55. The van der Waals surface area contributed by atoms with Crippen molar-refractivity contribution in [2.24, 2.45) is 0 Å². The first-order valence-corrected chi connectivity index (χ1v) is 7.54. The van der Waals surface area contributed by atoms with Crippen molar-refractivity contribution in [2.75, 3.05) is 0 Å². The molecule has 0 unspecified atom stereocenters. The van der Waals surface area contributed by atoms with E-state index >= 15 is 0 Å². The topological polar surface area (TPSA) is 42.7 Å². The number of rotatable bonds is 2. The van der Waals surface area contributed by atoms with E-state index in [4.69, 9.17) is 0 Å². The maximum atomic E-state index is 4.42. The number of piperidine rings is 1. The van der Waals surface area contributed by atoms with Crippen molar-refractivity contribution < 1.29 is 0 Å². The molecule has 0 amide bonds. The molecule has 0 spiro atoms. The number of hydrogen-bond donors (Lipinski definition) is 1. The van der Waals surface area contributed by atoms with Gasteiger partial charge in [-0.15, -0.1) is 10.2 Å². The molecular formula is C16H20N4. The molecule has 2 aliphatic rings. The average Bonchev–Trinajstić information content (AvgIpc) is 3.02. The fraction of sp³-hybridized carbons (Fsp3) is 0.500. The third-order valence-corrected chi connectivity index (χ3v) is 4.71. The van der Waals surface area contributed by atoms with Gasteiger partial charge in [-0.05, 0) is 32.6 Å². The van der Waals surface area contributed by atoms with E-state index in [2.05, 4.69) is 51.3 Å². The van der Waals surface area contributed by atoms with E-state index < -0.39 is 0 Å². The van der Waals surface area contributed by atoms with Crippen LogP contribution in [0.2, 0.25) is 0 Å². The van der Waals surface area contributed by atoms with Crippen LogP contribution in [0, 0.1) is 6.92 Å². The highest BCUT2D eigenvalue weighted by Crippen LogP contribution is 2.36. The van der Waals surface area contributed by atoms with Gasteiger partial charge in [-0.2, -0.15) is 0 Å². The molecular weight excluding hydrogens is 248 g/mol. The summed E-state index contributed by atoms with van der Waals surface area (Å²) in [6.07, 6.45) is 5.05. The van der Waals surface area contributed by atoms with Gasteiger partial charge in [-0.3, -0.25) is 0 Å². The van der Waals surface area contributed by atoms with Gasteiger partial charge in [0.15, 0.2) is 5.82 Å². The van der Waals surface area contributed by atoms with Crippen molar-refractivity contribution >= 4 is 0 Å². The van der Waals surface area contributed by atoms with E-state index in [9.17, 15) is 0 Å². The van der Waals surface area contributed by atoms with E-state index in [-0.39, 0.29) is 0 Å². The number of hydrogen-bond acceptors (Lipinski definition) is 3. The lowest BCUT2D eigenvalue weighted by Crippen LogP contribution is -2.39. The van der Waals surface area contributed by atoms with Gasteiger partial charge in [-0.1, -0.05) is 30.3 Å². The SMILES string of the molecule is Cc1nnc(-c2ccccc2)n1[C@@H]1C[C@H]2CC[C@@H](C1)N2. The minimum absolute atomic E-state index is 0.541. The summed E-state index contributed by atoms with van der Waals surface area (Å²) in [5.74, 6) is 2.06. The summed E-state index contributed by atoms with van der Waals surface area (Å²) in [5.41, 5.74) is 1.17.